The van der Waals surface area contributed by atoms with Crippen molar-refractivity contribution in [2.75, 3.05) is 26.2 Å². The Morgan fingerprint density at radius 3 is 2.81 bits per heavy atom. The van der Waals surface area contributed by atoms with Gasteiger partial charge in [0.05, 0.1) is 11.6 Å². The van der Waals surface area contributed by atoms with E-state index in [0.717, 1.165) is 45.5 Å². The number of primary amides is 1. The van der Waals surface area contributed by atoms with Crippen LogP contribution < -0.4 is 11.1 Å². The minimum absolute atomic E-state index is 0.231. The van der Waals surface area contributed by atoms with Crippen LogP contribution in [-0.2, 0) is 9.53 Å². The van der Waals surface area contributed by atoms with Gasteiger partial charge in [-0.15, -0.1) is 0 Å². The first-order chi connectivity index (χ1) is 10.0. The lowest BCUT2D eigenvalue weighted by Gasteiger charge is -2.35. The molecule has 0 spiro atoms. The number of nitrogens with two attached hydrogens (primary N) is 1. The molecule has 2 unspecified atom stereocenters. The topological polar surface area (TPSA) is 67.6 Å². The molecule has 0 aromatic carbocycles. The number of piperidine rings is 1. The molecule has 5 nitrogen and oxygen atoms in total. The van der Waals surface area contributed by atoms with Gasteiger partial charge in [0, 0.05) is 25.7 Å². The highest BCUT2D eigenvalue weighted by molar-refractivity contribution is 5.84. The van der Waals surface area contributed by atoms with Gasteiger partial charge in [-0.25, -0.2) is 0 Å². The number of hydrogen-bond acceptors (Lipinski definition) is 4. The highest BCUT2D eigenvalue weighted by Gasteiger charge is 2.37. The van der Waals surface area contributed by atoms with Gasteiger partial charge in [0.15, 0.2) is 0 Å². The molecular weight excluding hydrogens is 266 g/mol. The average Bonchev–Trinajstić information content (AvgIpc) is 3.27. The summed E-state index contributed by atoms with van der Waals surface area (Å²) in [6, 6.07) is 0.490. The van der Waals surface area contributed by atoms with Gasteiger partial charge in [-0.2, -0.15) is 0 Å². The molecule has 2 rings (SSSR count). The Kier molecular flexibility index (Phi) is 6.02. The molecule has 2 atom stereocenters. The quantitative estimate of drug-likeness (QED) is 0.672. The zero-order valence-corrected chi connectivity index (χ0v) is 13.6. The summed E-state index contributed by atoms with van der Waals surface area (Å²) in [6.45, 7) is 7.93. The van der Waals surface area contributed by atoms with E-state index in [-0.39, 0.29) is 5.91 Å². The van der Waals surface area contributed by atoms with E-state index in [9.17, 15) is 4.79 Å². The predicted octanol–water partition coefficient (Wildman–Crippen LogP) is 1.26. The Hall–Kier alpha value is -0.650. The Morgan fingerprint density at radius 1 is 1.43 bits per heavy atom. The second-order valence-corrected chi connectivity index (χ2v) is 6.80. The summed E-state index contributed by atoms with van der Waals surface area (Å²) in [5.41, 5.74) is 5.04. The van der Waals surface area contributed by atoms with Crippen molar-refractivity contribution in [3.63, 3.8) is 0 Å². The molecule has 1 amide bonds. The molecule has 1 aliphatic heterocycles. The first-order valence-corrected chi connectivity index (χ1v) is 8.45. The molecule has 1 saturated heterocycles. The van der Waals surface area contributed by atoms with Crippen molar-refractivity contribution in [1.82, 2.24) is 10.2 Å². The standard InChI is InChI=1S/C16H31N3O2/c1-3-11-21-14-5-4-9-19(12-14)10-8-16(2,15(17)20)18-13-6-7-13/h13-14,18H,3-12H2,1-2H3,(H2,17,20). The van der Waals surface area contributed by atoms with Crippen molar-refractivity contribution in [3.05, 3.63) is 0 Å². The Morgan fingerprint density at radius 2 is 2.19 bits per heavy atom. The third kappa shape index (κ3) is 5.24. The Labute approximate surface area is 128 Å². The van der Waals surface area contributed by atoms with Crippen molar-refractivity contribution in [2.24, 2.45) is 5.73 Å². The monoisotopic (exact) mass is 297 g/mol. The van der Waals surface area contributed by atoms with Crippen molar-refractivity contribution in [3.8, 4) is 0 Å². The van der Waals surface area contributed by atoms with Crippen LogP contribution in [0.25, 0.3) is 0 Å². The third-order valence-corrected chi connectivity index (χ3v) is 4.59. The smallest absolute Gasteiger partial charge is 0.237 e. The number of rotatable bonds is 9. The molecule has 0 aromatic rings. The van der Waals surface area contributed by atoms with Crippen LogP contribution in [0.2, 0.25) is 0 Å². The highest BCUT2D eigenvalue weighted by Crippen LogP contribution is 2.24. The van der Waals surface area contributed by atoms with Gasteiger partial charge in [0.2, 0.25) is 5.91 Å². The molecule has 2 fully saturated rings. The van der Waals surface area contributed by atoms with Crippen LogP contribution in [0, 0.1) is 0 Å². The summed E-state index contributed by atoms with van der Waals surface area (Å²) in [5.74, 6) is -0.231. The van der Waals surface area contributed by atoms with E-state index in [1.807, 2.05) is 6.92 Å². The number of likely N-dealkylation sites (tertiary alicyclic amines) is 1. The SMILES string of the molecule is CCCOC1CCCN(CCC(C)(NC2CC2)C(N)=O)C1. The number of carbonyl (C=O) groups excluding carboxylic acids is 1. The summed E-state index contributed by atoms with van der Waals surface area (Å²) in [4.78, 5) is 14.2. The van der Waals surface area contributed by atoms with Crippen LogP contribution in [0.15, 0.2) is 0 Å². The van der Waals surface area contributed by atoms with E-state index in [0.29, 0.717) is 12.1 Å². The summed E-state index contributed by atoms with van der Waals surface area (Å²) in [5, 5.41) is 3.42. The third-order valence-electron chi connectivity index (χ3n) is 4.59. The molecule has 0 bridgehead atoms. The summed E-state index contributed by atoms with van der Waals surface area (Å²) in [7, 11) is 0. The number of nitrogens with one attached hydrogen (secondary N) is 1. The maximum atomic E-state index is 11.8. The normalized spacial score (nSPS) is 26.5. The summed E-state index contributed by atoms with van der Waals surface area (Å²) in [6.07, 6.45) is 6.87. The van der Waals surface area contributed by atoms with Crippen LogP contribution in [-0.4, -0.2) is 54.7 Å². The molecule has 3 N–H and O–H groups in total. The van der Waals surface area contributed by atoms with Gasteiger partial charge < -0.3 is 20.7 Å². The maximum absolute atomic E-state index is 11.8. The first-order valence-electron chi connectivity index (χ1n) is 8.45. The van der Waals surface area contributed by atoms with Crippen LogP contribution in [0.1, 0.15) is 52.4 Å². The summed E-state index contributed by atoms with van der Waals surface area (Å²) >= 11 is 0. The van der Waals surface area contributed by atoms with Crippen LogP contribution in [0.5, 0.6) is 0 Å². The van der Waals surface area contributed by atoms with Crippen LogP contribution in [0.3, 0.4) is 0 Å². The minimum Gasteiger partial charge on any atom is -0.377 e. The second kappa shape index (κ2) is 7.56. The van der Waals surface area contributed by atoms with Crippen molar-refractivity contribution < 1.29 is 9.53 Å². The molecule has 1 saturated carbocycles. The van der Waals surface area contributed by atoms with Gasteiger partial charge >= 0.3 is 0 Å². The van der Waals surface area contributed by atoms with E-state index < -0.39 is 5.54 Å². The largest absolute Gasteiger partial charge is 0.377 e. The summed E-state index contributed by atoms with van der Waals surface area (Å²) < 4.78 is 5.87. The fourth-order valence-electron chi connectivity index (χ4n) is 2.96. The fraction of sp³-hybridized carbons (Fsp3) is 0.938. The van der Waals surface area contributed by atoms with Crippen molar-refractivity contribution >= 4 is 5.91 Å². The van der Waals surface area contributed by atoms with Gasteiger partial charge in [-0.05, 0) is 52.0 Å². The number of amides is 1. The molecule has 1 aliphatic carbocycles. The average molecular weight is 297 g/mol. The van der Waals surface area contributed by atoms with E-state index in [1.54, 1.807) is 0 Å². The van der Waals surface area contributed by atoms with E-state index in [4.69, 9.17) is 10.5 Å². The van der Waals surface area contributed by atoms with Crippen LogP contribution in [0.4, 0.5) is 0 Å². The van der Waals surface area contributed by atoms with Gasteiger partial charge in [-0.1, -0.05) is 6.92 Å². The molecule has 0 radical (unpaired) electrons. The maximum Gasteiger partial charge on any atom is 0.237 e. The molecule has 21 heavy (non-hydrogen) atoms. The van der Waals surface area contributed by atoms with E-state index >= 15 is 0 Å². The number of ether oxygens (including phenoxy) is 1. The highest BCUT2D eigenvalue weighted by atomic mass is 16.5. The number of hydrogen-bond donors (Lipinski definition) is 2. The fourth-order valence-corrected chi connectivity index (χ4v) is 2.96. The van der Waals surface area contributed by atoms with Gasteiger partial charge in [0.25, 0.3) is 0 Å². The van der Waals surface area contributed by atoms with Crippen LogP contribution >= 0.6 is 0 Å². The first kappa shape index (κ1) is 16.7. The Bertz CT molecular complexity index is 346. The van der Waals surface area contributed by atoms with Gasteiger partial charge in [0.1, 0.15) is 0 Å². The molecule has 5 heteroatoms. The Balaban J connectivity index is 1.78. The lowest BCUT2D eigenvalue weighted by atomic mass is 9.95. The molecule has 2 aliphatic rings. The molecular formula is C16H31N3O2. The molecule has 122 valence electrons. The van der Waals surface area contributed by atoms with Gasteiger partial charge in [-0.3, -0.25) is 4.79 Å². The zero-order valence-electron chi connectivity index (χ0n) is 13.6. The molecule has 0 aromatic heterocycles. The van der Waals surface area contributed by atoms with E-state index in [1.165, 1.54) is 19.3 Å². The predicted molar refractivity (Wildman–Crippen MR) is 84.1 cm³/mol. The molecule has 1 heterocycles. The van der Waals surface area contributed by atoms with Crippen molar-refractivity contribution in [1.29, 1.82) is 0 Å². The lowest BCUT2D eigenvalue weighted by Crippen LogP contribution is -2.56. The number of carbonyl (C=O) groups is 1. The minimum atomic E-state index is -0.571. The lowest BCUT2D eigenvalue weighted by molar-refractivity contribution is -0.124. The zero-order chi connectivity index (χ0) is 15.3. The number of nitrogens with zero attached hydrogens (tertiary/aromatic N) is 1. The second-order valence-electron chi connectivity index (χ2n) is 6.80. The van der Waals surface area contributed by atoms with E-state index in [2.05, 4.69) is 17.1 Å². The van der Waals surface area contributed by atoms with Crippen molar-refractivity contribution in [2.45, 2.75) is 70.1 Å².